The largest absolute Gasteiger partial charge is 0.368 e. The highest BCUT2D eigenvalue weighted by Gasteiger charge is 2.30. The van der Waals surface area contributed by atoms with Crippen LogP contribution < -0.4 is 16.2 Å². The number of nitrogens with two attached hydrogens (primary N) is 1. The fraction of sp³-hybridized carbons (Fsp3) is 0.312. The van der Waals surface area contributed by atoms with Crippen molar-refractivity contribution >= 4 is 34.1 Å². The molecule has 3 aromatic carbocycles. The number of halogens is 1. The summed E-state index contributed by atoms with van der Waals surface area (Å²) in [6.07, 6.45) is 0.810. The smallest absolute Gasteiger partial charge is 0.255 e. The number of carbonyl (C=O) groups excluding carboxylic acids is 1. The van der Waals surface area contributed by atoms with E-state index in [-0.39, 0.29) is 11.5 Å². The molecule has 2 N–H and O–H groups in total. The molecule has 1 aliphatic rings. The zero-order valence-corrected chi connectivity index (χ0v) is 23.8. The average Bonchev–Trinajstić information content (AvgIpc) is 2.92. The minimum absolute atomic E-state index is 0.0436. The van der Waals surface area contributed by atoms with E-state index in [1.54, 1.807) is 19.9 Å². The van der Waals surface area contributed by atoms with Crippen LogP contribution in [0, 0.1) is 6.92 Å². The molecule has 1 aliphatic heterocycles. The van der Waals surface area contributed by atoms with Crippen LogP contribution in [0.3, 0.4) is 0 Å². The van der Waals surface area contributed by atoms with Gasteiger partial charge in [-0.1, -0.05) is 54.9 Å². The van der Waals surface area contributed by atoms with Crippen LogP contribution in [0.5, 0.6) is 0 Å². The summed E-state index contributed by atoms with van der Waals surface area (Å²) in [4.78, 5) is 30.4. The summed E-state index contributed by atoms with van der Waals surface area (Å²) in [5.74, 6) is -0.0436. The number of aryl methyl sites for hydroxylation is 2. The number of rotatable bonds is 5. The topological polar surface area (TPSA) is 71.6 Å². The molecular weight excluding hydrogens is 508 g/mol. The number of hydrogen-bond acceptors (Lipinski definition) is 4. The van der Waals surface area contributed by atoms with Crippen molar-refractivity contribution in [2.45, 2.75) is 39.7 Å². The van der Waals surface area contributed by atoms with Crippen LogP contribution in [0.15, 0.2) is 71.5 Å². The minimum Gasteiger partial charge on any atom is -0.368 e. The van der Waals surface area contributed by atoms with Gasteiger partial charge in [-0.05, 0) is 68.1 Å². The highest BCUT2D eigenvalue weighted by Crippen LogP contribution is 2.38. The number of nitrogens with zero attached hydrogens (tertiary/aromatic N) is 3. The lowest BCUT2D eigenvalue weighted by Crippen LogP contribution is -2.57. The standard InChI is InChI=1S/C32H35ClN4O2/c1-5-22-10-8-9-21(2)30(22)37-28-20-23(35-15-17-36(18-16-35)31(39)32(3,4)34)19-26(25(28)13-14-29(37)38)24-11-6-7-12-27(24)33/h6-14,19-20H,5,15-18,34H2,1-4H3. The summed E-state index contributed by atoms with van der Waals surface area (Å²) in [6.45, 7) is 10.1. The van der Waals surface area contributed by atoms with E-state index >= 15 is 0 Å². The number of piperazine rings is 1. The zero-order chi connectivity index (χ0) is 27.9. The summed E-state index contributed by atoms with van der Waals surface area (Å²) in [6, 6.07) is 21.8. The van der Waals surface area contributed by atoms with Crippen LogP contribution in [-0.2, 0) is 11.2 Å². The SMILES string of the molecule is CCc1cccc(C)c1-n1c(=O)ccc2c(-c3ccccc3Cl)cc(N3CCN(C(=O)C(C)(C)N)CC3)cc21. The number of amides is 1. The Bertz CT molecular complexity index is 1610. The summed E-state index contributed by atoms with van der Waals surface area (Å²) in [5.41, 5.74) is 11.9. The van der Waals surface area contributed by atoms with Crippen molar-refractivity contribution in [3.63, 3.8) is 0 Å². The van der Waals surface area contributed by atoms with Crippen LogP contribution in [0.4, 0.5) is 5.69 Å². The molecule has 0 bridgehead atoms. The van der Waals surface area contributed by atoms with Gasteiger partial charge >= 0.3 is 0 Å². The van der Waals surface area contributed by atoms with Gasteiger partial charge in [0, 0.05) is 53.9 Å². The van der Waals surface area contributed by atoms with E-state index in [9.17, 15) is 9.59 Å². The van der Waals surface area contributed by atoms with Gasteiger partial charge in [0.1, 0.15) is 0 Å². The lowest BCUT2D eigenvalue weighted by Gasteiger charge is -2.38. The van der Waals surface area contributed by atoms with Crippen LogP contribution in [0.2, 0.25) is 5.02 Å². The predicted molar refractivity (Wildman–Crippen MR) is 161 cm³/mol. The fourth-order valence-electron chi connectivity index (χ4n) is 5.55. The molecule has 4 aromatic rings. The predicted octanol–water partition coefficient (Wildman–Crippen LogP) is 5.57. The van der Waals surface area contributed by atoms with Gasteiger partial charge in [-0.2, -0.15) is 0 Å². The van der Waals surface area contributed by atoms with Crippen molar-refractivity contribution in [1.29, 1.82) is 0 Å². The summed E-state index contributed by atoms with van der Waals surface area (Å²) in [7, 11) is 0. The van der Waals surface area contributed by atoms with Crippen molar-refractivity contribution in [2.75, 3.05) is 31.1 Å². The van der Waals surface area contributed by atoms with E-state index in [2.05, 4.69) is 30.0 Å². The molecule has 39 heavy (non-hydrogen) atoms. The maximum atomic E-state index is 13.5. The molecule has 6 nitrogen and oxygen atoms in total. The van der Waals surface area contributed by atoms with Gasteiger partial charge in [0.05, 0.1) is 16.7 Å². The fourth-order valence-corrected chi connectivity index (χ4v) is 5.78. The van der Waals surface area contributed by atoms with E-state index in [4.69, 9.17) is 17.3 Å². The number of carbonyl (C=O) groups is 1. The monoisotopic (exact) mass is 542 g/mol. The Hall–Kier alpha value is -3.61. The van der Waals surface area contributed by atoms with Gasteiger partial charge in [-0.25, -0.2) is 0 Å². The molecular formula is C32H35ClN4O2. The Kier molecular flexibility index (Phi) is 7.27. The number of aromatic nitrogens is 1. The first-order valence-corrected chi connectivity index (χ1v) is 13.8. The van der Waals surface area contributed by atoms with Crippen LogP contribution in [0.1, 0.15) is 31.9 Å². The lowest BCUT2D eigenvalue weighted by molar-refractivity contribution is -0.136. The minimum atomic E-state index is -0.900. The van der Waals surface area contributed by atoms with Gasteiger partial charge in [0.25, 0.3) is 5.56 Å². The van der Waals surface area contributed by atoms with Crippen molar-refractivity contribution in [3.05, 3.63) is 93.2 Å². The third-order valence-corrected chi connectivity index (χ3v) is 7.90. The van der Waals surface area contributed by atoms with Gasteiger partial charge < -0.3 is 15.5 Å². The number of fused-ring (bicyclic) bond motifs is 1. The van der Waals surface area contributed by atoms with Crippen molar-refractivity contribution in [2.24, 2.45) is 5.73 Å². The lowest BCUT2D eigenvalue weighted by atomic mass is 9.97. The maximum Gasteiger partial charge on any atom is 0.255 e. The van der Waals surface area contributed by atoms with Crippen LogP contribution >= 0.6 is 11.6 Å². The number of benzene rings is 3. The van der Waals surface area contributed by atoms with Crippen molar-refractivity contribution < 1.29 is 4.79 Å². The second-order valence-corrected chi connectivity index (χ2v) is 11.3. The molecule has 2 heterocycles. The summed E-state index contributed by atoms with van der Waals surface area (Å²) < 4.78 is 1.85. The molecule has 0 saturated carbocycles. The molecule has 1 fully saturated rings. The maximum absolute atomic E-state index is 13.5. The van der Waals surface area contributed by atoms with Gasteiger partial charge in [0.2, 0.25) is 5.91 Å². The van der Waals surface area contributed by atoms with E-state index in [1.807, 2.05) is 58.9 Å². The number of hydrogen-bond donors (Lipinski definition) is 1. The Morgan fingerprint density at radius 3 is 2.33 bits per heavy atom. The molecule has 1 aromatic heterocycles. The first-order chi connectivity index (χ1) is 18.6. The summed E-state index contributed by atoms with van der Waals surface area (Å²) in [5, 5.41) is 1.61. The Balaban J connectivity index is 1.71. The second-order valence-electron chi connectivity index (χ2n) is 10.9. The number of anilines is 1. The molecule has 0 unspecified atom stereocenters. The van der Waals surface area contributed by atoms with Gasteiger partial charge in [-0.15, -0.1) is 0 Å². The molecule has 0 atom stereocenters. The quantitative estimate of drug-likeness (QED) is 0.358. The number of para-hydroxylation sites is 1. The molecule has 0 spiro atoms. The Morgan fingerprint density at radius 2 is 1.67 bits per heavy atom. The first-order valence-electron chi connectivity index (χ1n) is 13.5. The average molecular weight is 543 g/mol. The Labute approximate surface area is 234 Å². The van der Waals surface area contributed by atoms with Crippen LogP contribution in [0.25, 0.3) is 27.7 Å². The normalized spacial score (nSPS) is 14.2. The highest BCUT2D eigenvalue weighted by atomic mass is 35.5. The molecule has 5 rings (SSSR count). The van der Waals surface area contributed by atoms with Gasteiger partial charge in [0.15, 0.2) is 0 Å². The third kappa shape index (κ3) is 5.07. The second kappa shape index (κ2) is 10.5. The third-order valence-electron chi connectivity index (χ3n) is 7.57. The molecule has 1 amide bonds. The molecule has 0 radical (unpaired) electrons. The molecule has 202 valence electrons. The van der Waals surface area contributed by atoms with E-state index in [0.717, 1.165) is 51.0 Å². The highest BCUT2D eigenvalue weighted by molar-refractivity contribution is 6.33. The molecule has 7 heteroatoms. The van der Waals surface area contributed by atoms with E-state index in [0.29, 0.717) is 31.2 Å². The molecule has 0 aliphatic carbocycles. The Morgan fingerprint density at radius 1 is 0.949 bits per heavy atom. The first kappa shape index (κ1) is 27.0. The number of pyridine rings is 1. The molecule has 1 saturated heterocycles. The van der Waals surface area contributed by atoms with Crippen molar-refractivity contribution in [3.8, 4) is 16.8 Å². The van der Waals surface area contributed by atoms with Crippen molar-refractivity contribution in [1.82, 2.24) is 9.47 Å². The van der Waals surface area contributed by atoms with E-state index < -0.39 is 5.54 Å². The van der Waals surface area contributed by atoms with E-state index in [1.165, 1.54) is 0 Å². The summed E-state index contributed by atoms with van der Waals surface area (Å²) >= 11 is 6.72. The zero-order valence-electron chi connectivity index (χ0n) is 23.0. The van der Waals surface area contributed by atoms with Crippen LogP contribution in [-0.4, -0.2) is 47.1 Å². The van der Waals surface area contributed by atoms with Gasteiger partial charge in [-0.3, -0.25) is 14.2 Å².